The molecule has 2 N–H and O–H groups in total. The second kappa shape index (κ2) is 4.87. The largest absolute Gasteiger partial charge is 0.496 e. The van der Waals surface area contributed by atoms with Gasteiger partial charge in [-0.25, -0.2) is 0 Å². The topological polar surface area (TPSA) is 35.2 Å². The number of halogens is 1. The number of ether oxygens (including phenoxy) is 1. The van der Waals surface area contributed by atoms with E-state index in [1.54, 1.807) is 7.11 Å². The van der Waals surface area contributed by atoms with Crippen LogP contribution in [0.2, 0.25) is 5.02 Å². The number of rotatable bonds is 3. The first kappa shape index (κ1) is 12.7. The van der Waals surface area contributed by atoms with Gasteiger partial charge in [-0.1, -0.05) is 24.4 Å². The maximum Gasteiger partial charge on any atom is 0.123 e. The highest BCUT2D eigenvalue weighted by atomic mass is 35.5. The van der Waals surface area contributed by atoms with E-state index in [0.717, 1.165) is 29.2 Å². The number of hydrogen-bond donors (Lipinski definition) is 1. The fraction of sp³-hybridized carbons (Fsp3) is 0.571. The van der Waals surface area contributed by atoms with Gasteiger partial charge in [0.25, 0.3) is 0 Å². The zero-order valence-electron chi connectivity index (χ0n) is 10.6. The number of methoxy groups -OCH3 is 1. The predicted octanol–water partition coefficient (Wildman–Crippen LogP) is 3.43. The molecule has 0 spiro atoms. The molecule has 1 fully saturated rings. The van der Waals surface area contributed by atoms with Crippen molar-refractivity contribution in [3.63, 3.8) is 0 Å². The first-order chi connectivity index (χ1) is 8.14. The van der Waals surface area contributed by atoms with Crippen LogP contribution in [-0.2, 0) is 5.41 Å². The number of hydrogen-bond acceptors (Lipinski definition) is 2. The van der Waals surface area contributed by atoms with Gasteiger partial charge in [-0.15, -0.1) is 0 Å². The number of nitrogens with two attached hydrogens (primary N) is 1. The molecular weight excluding hydrogens is 234 g/mol. The van der Waals surface area contributed by atoms with Crippen molar-refractivity contribution in [1.29, 1.82) is 0 Å². The van der Waals surface area contributed by atoms with Gasteiger partial charge in [0.05, 0.1) is 7.11 Å². The van der Waals surface area contributed by atoms with E-state index < -0.39 is 0 Å². The first-order valence-electron chi connectivity index (χ1n) is 6.18. The molecule has 0 bridgehead atoms. The first-order valence-corrected chi connectivity index (χ1v) is 6.56. The lowest BCUT2D eigenvalue weighted by Crippen LogP contribution is -2.33. The third kappa shape index (κ3) is 2.04. The lowest BCUT2D eigenvalue weighted by atomic mass is 9.76. The van der Waals surface area contributed by atoms with E-state index in [1.807, 2.05) is 12.1 Å². The third-order valence-electron chi connectivity index (χ3n) is 4.06. The fourth-order valence-corrected chi connectivity index (χ4v) is 3.26. The average molecular weight is 254 g/mol. The normalized spacial score (nSPS) is 18.4. The molecule has 0 atom stereocenters. The third-order valence-corrected chi connectivity index (χ3v) is 4.47. The van der Waals surface area contributed by atoms with E-state index in [-0.39, 0.29) is 5.41 Å². The Bertz CT molecular complexity index is 411. The molecule has 1 aliphatic rings. The Kier molecular flexibility index (Phi) is 3.64. The standard InChI is InChI=1S/C14H20ClNO/c1-10-11(15)5-6-12(17-2)13(10)14(9-16)7-3-4-8-14/h5-6H,3-4,7-9,16H2,1-2H3. The molecular formula is C14H20ClNO. The van der Waals surface area contributed by atoms with Crippen molar-refractivity contribution in [3.05, 3.63) is 28.3 Å². The van der Waals surface area contributed by atoms with Crippen molar-refractivity contribution in [2.24, 2.45) is 5.73 Å². The SMILES string of the molecule is COc1ccc(Cl)c(C)c1C1(CN)CCCC1. The molecule has 0 aromatic heterocycles. The molecule has 0 heterocycles. The maximum atomic E-state index is 6.24. The summed E-state index contributed by atoms with van der Waals surface area (Å²) in [6, 6.07) is 3.86. The maximum absolute atomic E-state index is 6.24. The average Bonchev–Trinajstić information content (AvgIpc) is 2.82. The van der Waals surface area contributed by atoms with E-state index in [1.165, 1.54) is 18.4 Å². The molecule has 3 heteroatoms. The summed E-state index contributed by atoms with van der Waals surface area (Å²) in [6.45, 7) is 2.74. The second-order valence-corrected chi connectivity index (χ2v) is 5.35. The molecule has 0 aliphatic heterocycles. The summed E-state index contributed by atoms with van der Waals surface area (Å²) < 4.78 is 5.51. The Morgan fingerprint density at radius 1 is 1.35 bits per heavy atom. The van der Waals surface area contributed by atoms with E-state index in [0.29, 0.717) is 6.54 Å². The van der Waals surface area contributed by atoms with Gasteiger partial charge in [0.1, 0.15) is 5.75 Å². The minimum Gasteiger partial charge on any atom is -0.496 e. The van der Waals surface area contributed by atoms with Crippen molar-refractivity contribution in [2.75, 3.05) is 13.7 Å². The van der Waals surface area contributed by atoms with Crippen LogP contribution in [0, 0.1) is 6.92 Å². The van der Waals surface area contributed by atoms with Gasteiger partial charge in [0.2, 0.25) is 0 Å². The van der Waals surface area contributed by atoms with E-state index in [4.69, 9.17) is 22.1 Å². The van der Waals surface area contributed by atoms with Gasteiger partial charge in [-0.05, 0) is 37.5 Å². The Balaban J connectivity index is 2.59. The Labute approximate surface area is 108 Å². The van der Waals surface area contributed by atoms with Gasteiger partial charge < -0.3 is 10.5 Å². The van der Waals surface area contributed by atoms with Crippen LogP contribution in [0.15, 0.2) is 12.1 Å². The molecule has 1 aromatic carbocycles. The summed E-state index contributed by atoms with van der Waals surface area (Å²) in [4.78, 5) is 0. The highest BCUT2D eigenvalue weighted by Crippen LogP contribution is 2.46. The highest BCUT2D eigenvalue weighted by molar-refractivity contribution is 6.31. The van der Waals surface area contributed by atoms with Crippen LogP contribution in [0.25, 0.3) is 0 Å². The molecule has 0 radical (unpaired) electrons. The number of benzene rings is 1. The summed E-state index contributed by atoms with van der Waals surface area (Å²) >= 11 is 6.24. The van der Waals surface area contributed by atoms with Crippen LogP contribution >= 0.6 is 11.6 Å². The van der Waals surface area contributed by atoms with E-state index in [2.05, 4.69) is 6.92 Å². The summed E-state index contributed by atoms with van der Waals surface area (Å²) in [5, 5.41) is 0.806. The molecule has 1 aliphatic carbocycles. The molecule has 1 aromatic rings. The molecule has 0 unspecified atom stereocenters. The summed E-state index contributed by atoms with van der Waals surface area (Å²) in [5.74, 6) is 0.930. The Morgan fingerprint density at radius 2 is 2.00 bits per heavy atom. The molecule has 0 saturated heterocycles. The summed E-state index contributed by atoms with van der Waals surface area (Å²) in [6.07, 6.45) is 4.76. The van der Waals surface area contributed by atoms with Crippen LogP contribution in [0.3, 0.4) is 0 Å². The van der Waals surface area contributed by atoms with Gasteiger partial charge in [0.15, 0.2) is 0 Å². The fourth-order valence-electron chi connectivity index (χ4n) is 3.10. The van der Waals surface area contributed by atoms with Crippen molar-refractivity contribution in [3.8, 4) is 5.75 Å². The van der Waals surface area contributed by atoms with Crippen molar-refractivity contribution in [1.82, 2.24) is 0 Å². The predicted molar refractivity (Wildman–Crippen MR) is 71.9 cm³/mol. The minimum absolute atomic E-state index is 0.0698. The van der Waals surface area contributed by atoms with Crippen LogP contribution in [0.5, 0.6) is 5.75 Å². The quantitative estimate of drug-likeness (QED) is 0.896. The van der Waals surface area contributed by atoms with Crippen LogP contribution in [0.1, 0.15) is 36.8 Å². The molecule has 2 nitrogen and oxygen atoms in total. The van der Waals surface area contributed by atoms with Gasteiger partial charge in [0, 0.05) is 22.5 Å². The smallest absolute Gasteiger partial charge is 0.123 e. The monoisotopic (exact) mass is 253 g/mol. The summed E-state index contributed by atoms with van der Waals surface area (Å²) in [5.41, 5.74) is 8.47. The lowest BCUT2D eigenvalue weighted by molar-refractivity contribution is 0.376. The van der Waals surface area contributed by atoms with E-state index in [9.17, 15) is 0 Å². The molecule has 94 valence electrons. The van der Waals surface area contributed by atoms with Crippen molar-refractivity contribution in [2.45, 2.75) is 38.0 Å². The Morgan fingerprint density at radius 3 is 2.53 bits per heavy atom. The Hall–Kier alpha value is -0.730. The van der Waals surface area contributed by atoms with Crippen LogP contribution in [0.4, 0.5) is 0 Å². The van der Waals surface area contributed by atoms with Gasteiger partial charge in [-0.3, -0.25) is 0 Å². The highest BCUT2D eigenvalue weighted by Gasteiger charge is 2.38. The molecule has 2 rings (SSSR count). The van der Waals surface area contributed by atoms with Gasteiger partial charge >= 0.3 is 0 Å². The van der Waals surface area contributed by atoms with Crippen LogP contribution < -0.4 is 10.5 Å². The van der Waals surface area contributed by atoms with Crippen molar-refractivity contribution < 1.29 is 4.74 Å². The minimum atomic E-state index is 0.0698. The molecule has 1 saturated carbocycles. The van der Waals surface area contributed by atoms with Crippen molar-refractivity contribution >= 4 is 11.6 Å². The zero-order valence-corrected chi connectivity index (χ0v) is 11.3. The second-order valence-electron chi connectivity index (χ2n) is 4.94. The van der Waals surface area contributed by atoms with Crippen LogP contribution in [-0.4, -0.2) is 13.7 Å². The zero-order chi connectivity index (χ0) is 12.5. The van der Waals surface area contributed by atoms with Gasteiger partial charge in [-0.2, -0.15) is 0 Å². The molecule has 17 heavy (non-hydrogen) atoms. The lowest BCUT2D eigenvalue weighted by Gasteiger charge is -2.31. The van der Waals surface area contributed by atoms with E-state index >= 15 is 0 Å². The summed E-state index contributed by atoms with van der Waals surface area (Å²) in [7, 11) is 1.71. The molecule has 0 amide bonds.